The third kappa shape index (κ3) is 14.6. The summed E-state index contributed by atoms with van der Waals surface area (Å²) in [5, 5.41) is 6.29. The fourth-order valence-corrected chi connectivity index (χ4v) is 2.03. The van der Waals surface area contributed by atoms with Crippen LogP contribution in [-0.4, -0.2) is 60.0 Å². The molecule has 21 heavy (non-hydrogen) atoms. The summed E-state index contributed by atoms with van der Waals surface area (Å²) in [5.74, 6) is 0.837. The van der Waals surface area contributed by atoms with Crippen LogP contribution in [0.1, 0.15) is 26.7 Å². The van der Waals surface area contributed by atoms with Crippen LogP contribution in [0.2, 0.25) is 0 Å². The Morgan fingerprint density at radius 1 is 1.10 bits per heavy atom. The predicted molar refractivity (Wildman–Crippen MR) is 98.0 cm³/mol. The minimum absolute atomic E-state index is 0. The van der Waals surface area contributed by atoms with E-state index in [1.807, 2.05) is 6.92 Å². The summed E-state index contributed by atoms with van der Waals surface area (Å²) in [6.07, 6.45) is 1.63. The van der Waals surface area contributed by atoms with Gasteiger partial charge < -0.3 is 15.4 Å². The highest BCUT2D eigenvalue weighted by Gasteiger charge is 2.04. The zero-order valence-electron chi connectivity index (χ0n) is 13.1. The molecule has 0 atom stereocenters. The summed E-state index contributed by atoms with van der Waals surface area (Å²) in [5.41, 5.74) is 0. The highest BCUT2D eigenvalue weighted by Crippen LogP contribution is 1.84. The van der Waals surface area contributed by atoms with E-state index in [1.165, 1.54) is 0 Å². The van der Waals surface area contributed by atoms with Gasteiger partial charge in [0, 0.05) is 39.9 Å². The molecule has 7 nitrogen and oxygen atoms in total. The van der Waals surface area contributed by atoms with E-state index in [1.54, 1.807) is 14.0 Å². The van der Waals surface area contributed by atoms with E-state index in [0.29, 0.717) is 19.5 Å². The lowest BCUT2D eigenvalue weighted by atomic mass is 10.4. The molecule has 0 radical (unpaired) electrons. The Balaban J connectivity index is 0. The smallest absolute Gasteiger partial charge is 0.211 e. The number of guanidine groups is 1. The molecule has 0 aromatic rings. The van der Waals surface area contributed by atoms with Gasteiger partial charge in [0.05, 0.1) is 5.75 Å². The highest BCUT2D eigenvalue weighted by molar-refractivity contribution is 14.0. The van der Waals surface area contributed by atoms with Gasteiger partial charge in [-0.15, -0.1) is 24.0 Å². The summed E-state index contributed by atoms with van der Waals surface area (Å²) in [7, 11) is -1.38. The average Bonchev–Trinajstić information content (AvgIpc) is 2.44. The lowest BCUT2D eigenvalue weighted by molar-refractivity contribution is 0.145. The van der Waals surface area contributed by atoms with Crippen LogP contribution in [0.4, 0.5) is 0 Å². The Morgan fingerprint density at radius 2 is 1.71 bits per heavy atom. The molecule has 0 heterocycles. The summed E-state index contributed by atoms with van der Waals surface area (Å²) >= 11 is 0. The van der Waals surface area contributed by atoms with Crippen molar-refractivity contribution >= 4 is 40.0 Å². The summed E-state index contributed by atoms with van der Waals surface area (Å²) in [4.78, 5) is 4.08. The third-order valence-electron chi connectivity index (χ3n) is 2.53. The number of sulfonamides is 1. The second-order valence-corrected chi connectivity index (χ2v) is 6.22. The van der Waals surface area contributed by atoms with Crippen LogP contribution in [-0.2, 0) is 14.8 Å². The van der Waals surface area contributed by atoms with Crippen LogP contribution in [0.5, 0.6) is 0 Å². The van der Waals surface area contributed by atoms with Gasteiger partial charge in [-0.05, 0) is 26.7 Å². The van der Waals surface area contributed by atoms with Crippen LogP contribution in [0, 0.1) is 0 Å². The van der Waals surface area contributed by atoms with Gasteiger partial charge in [0.2, 0.25) is 10.0 Å². The van der Waals surface area contributed by atoms with Crippen molar-refractivity contribution in [3.8, 4) is 0 Å². The van der Waals surface area contributed by atoms with E-state index in [0.717, 1.165) is 32.1 Å². The van der Waals surface area contributed by atoms with Crippen molar-refractivity contribution in [3.63, 3.8) is 0 Å². The molecule has 0 saturated carbocycles. The number of nitrogens with zero attached hydrogens (tertiary/aromatic N) is 1. The van der Waals surface area contributed by atoms with Gasteiger partial charge >= 0.3 is 0 Å². The molecule has 0 aliphatic heterocycles. The topological polar surface area (TPSA) is 91.8 Å². The maximum absolute atomic E-state index is 11.2. The first-order chi connectivity index (χ1) is 9.55. The zero-order valence-corrected chi connectivity index (χ0v) is 16.3. The van der Waals surface area contributed by atoms with Gasteiger partial charge in [-0.1, -0.05) is 0 Å². The molecule has 0 rings (SSSR count). The fraction of sp³-hybridized carbons (Fsp3) is 0.917. The molecular formula is C12H29IN4O3S. The van der Waals surface area contributed by atoms with Crippen molar-refractivity contribution in [2.24, 2.45) is 4.99 Å². The van der Waals surface area contributed by atoms with Gasteiger partial charge in [0.25, 0.3) is 0 Å². The molecular weight excluding hydrogens is 407 g/mol. The first-order valence-electron chi connectivity index (χ1n) is 7.05. The summed E-state index contributed by atoms with van der Waals surface area (Å²) in [6, 6.07) is 0. The molecule has 0 fully saturated rings. The summed E-state index contributed by atoms with van der Waals surface area (Å²) in [6.45, 7) is 6.96. The lowest BCUT2D eigenvalue weighted by Crippen LogP contribution is -2.39. The molecule has 9 heteroatoms. The molecule has 0 aromatic carbocycles. The molecule has 128 valence electrons. The van der Waals surface area contributed by atoms with E-state index >= 15 is 0 Å². The minimum atomic E-state index is -3.09. The number of aliphatic imine (C=N–C) groups is 1. The van der Waals surface area contributed by atoms with Crippen molar-refractivity contribution in [2.75, 3.05) is 45.6 Å². The predicted octanol–water partition coefficient (Wildman–Crippen LogP) is 0.525. The van der Waals surface area contributed by atoms with E-state index in [9.17, 15) is 8.42 Å². The minimum Gasteiger partial charge on any atom is -0.382 e. The number of hydrogen-bond acceptors (Lipinski definition) is 4. The molecule has 0 spiro atoms. The second kappa shape index (κ2) is 14.8. The van der Waals surface area contributed by atoms with Gasteiger partial charge in [-0.25, -0.2) is 13.1 Å². The van der Waals surface area contributed by atoms with E-state index in [4.69, 9.17) is 4.74 Å². The van der Waals surface area contributed by atoms with Gasteiger partial charge in [0.1, 0.15) is 0 Å². The maximum Gasteiger partial charge on any atom is 0.211 e. The average molecular weight is 436 g/mol. The fourth-order valence-electron chi connectivity index (χ4n) is 1.37. The molecule has 0 bridgehead atoms. The first-order valence-corrected chi connectivity index (χ1v) is 8.70. The standard InChI is InChI=1S/C12H28N4O3S.HI/c1-4-19-11-7-9-15-12(13-3)14-8-6-10-16-20(17,18)5-2;/h16H,4-11H2,1-3H3,(H2,13,14,15);1H. The Kier molecular flexibility index (Phi) is 16.3. The Bertz CT molecular complexity index is 364. The van der Waals surface area contributed by atoms with E-state index in [2.05, 4.69) is 20.3 Å². The van der Waals surface area contributed by atoms with Gasteiger partial charge in [0.15, 0.2) is 5.96 Å². The number of halogens is 1. The monoisotopic (exact) mass is 436 g/mol. The highest BCUT2D eigenvalue weighted by atomic mass is 127. The third-order valence-corrected chi connectivity index (χ3v) is 3.94. The molecule has 0 amide bonds. The van der Waals surface area contributed by atoms with Crippen molar-refractivity contribution < 1.29 is 13.2 Å². The number of nitrogens with one attached hydrogen (secondary N) is 3. The molecule has 3 N–H and O–H groups in total. The van der Waals surface area contributed by atoms with Crippen LogP contribution in [0.15, 0.2) is 4.99 Å². The van der Waals surface area contributed by atoms with Crippen molar-refractivity contribution in [1.82, 2.24) is 15.4 Å². The quantitative estimate of drug-likeness (QED) is 0.190. The SMILES string of the molecule is CCOCCCNC(=NC)NCCCNS(=O)(=O)CC.I. The Morgan fingerprint density at radius 3 is 2.24 bits per heavy atom. The van der Waals surface area contributed by atoms with Crippen molar-refractivity contribution in [1.29, 1.82) is 0 Å². The summed E-state index contributed by atoms with van der Waals surface area (Å²) < 4.78 is 30.2. The zero-order chi connectivity index (χ0) is 15.3. The van der Waals surface area contributed by atoms with Crippen LogP contribution in [0.3, 0.4) is 0 Å². The molecule has 0 aromatic heterocycles. The molecule has 0 saturated heterocycles. The van der Waals surface area contributed by atoms with Crippen molar-refractivity contribution in [3.05, 3.63) is 0 Å². The Hall–Kier alpha value is -0.130. The number of hydrogen-bond donors (Lipinski definition) is 3. The largest absolute Gasteiger partial charge is 0.382 e. The second-order valence-electron chi connectivity index (χ2n) is 4.13. The maximum atomic E-state index is 11.2. The molecule has 0 aliphatic carbocycles. The number of ether oxygens (including phenoxy) is 1. The van der Waals surface area contributed by atoms with E-state index < -0.39 is 10.0 Å². The molecule has 0 aliphatic rings. The van der Waals surface area contributed by atoms with Gasteiger partial charge in [-0.3, -0.25) is 4.99 Å². The van der Waals surface area contributed by atoms with Gasteiger partial charge in [-0.2, -0.15) is 0 Å². The Labute approximate surface area is 145 Å². The lowest BCUT2D eigenvalue weighted by Gasteiger charge is -2.12. The molecule has 0 unspecified atom stereocenters. The number of rotatable bonds is 11. The normalized spacial score (nSPS) is 11.9. The first kappa shape index (κ1) is 23.1. The van der Waals surface area contributed by atoms with Crippen LogP contribution < -0.4 is 15.4 Å². The van der Waals surface area contributed by atoms with Crippen LogP contribution >= 0.6 is 24.0 Å². The van der Waals surface area contributed by atoms with Crippen molar-refractivity contribution in [2.45, 2.75) is 26.7 Å². The van der Waals surface area contributed by atoms with Crippen LogP contribution in [0.25, 0.3) is 0 Å². The van der Waals surface area contributed by atoms with E-state index in [-0.39, 0.29) is 29.7 Å².